The van der Waals surface area contributed by atoms with Gasteiger partial charge in [-0.15, -0.1) is 0 Å². The third-order valence-corrected chi connectivity index (χ3v) is 2.12. The zero-order valence-electron chi connectivity index (χ0n) is 8.04. The molecule has 0 radical (unpaired) electrons. The predicted octanol–water partition coefficient (Wildman–Crippen LogP) is -0.486. The van der Waals surface area contributed by atoms with Crippen LogP contribution in [-0.2, 0) is 9.59 Å². The molecule has 0 saturated heterocycles. The topological polar surface area (TPSA) is 98.2 Å². The van der Waals surface area contributed by atoms with Gasteiger partial charge in [0.15, 0.2) is 0 Å². The van der Waals surface area contributed by atoms with Crippen LogP contribution < -0.4 is 17.0 Å². The first-order chi connectivity index (χ1) is 6.02. The fourth-order valence-electron chi connectivity index (χ4n) is 1.16. The normalized spacial score (nSPS) is 14.7. The lowest BCUT2D eigenvalue weighted by Crippen LogP contribution is -2.36. The van der Waals surface area contributed by atoms with E-state index in [1.165, 1.54) is 0 Å². The molecule has 0 saturated carbocycles. The Kier molecular flexibility index (Phi) is 5.06. The van der Waals surface area contributed by atoms with Gasteiger partial charge in [0.1, 0.15) is 0 Å². The minimum absolute atomic E-state index is 0.243. The van der Waals surface area contributed by atoms with Crippen LogP contribution in [0.15, 0.2) is 0 Å². The summed E-state index contributed by atoms with van der Waals surface area (Å²) in [5, 5.41) is 0. The molecule has 5 nitrogen and oxygen atoms in total. The van der Waals surface area contributed by atoms with Crippen molar-refractivity contribution in [2.45, 2.75) is 26.7 Å². The van der Waals surface area contributed by atoms with Crippen molar-refractivity contribution < 1.29 is 9.59 Å². The summed E-state index contributed by atoms with van der Waals surface area (Å²) in [5.74, 6) is 3.81. The van der Waals surface area contributed by atoms with Gasteiger partial charge < -0.3 is 5.73 Å². The highest BCUT2D eigenvalue weighted by Crippen LogP contribution is 2.14. The molecule has 0 aromatic heterocycles. The van der Waals surface area contributed by atoms with Crippen molar-refractivity contribution in [1.82, 2.24) is 5.43 Å². The summed E-state index contributed by atoms with van der Waals surface area (Å²) in [5.41, 5.74) is 7.18. The van der Waals surface area contributed by atoms with Gasteiger partial charge in [-0.1, -0.05) is 13.8 Å². The summed E-state index contributed by atoms with van der Waals surface area (Å²) in [4.78, 5) is 21.8. The minimum Gasteiger partial charge on any atom is -0.369 e. The van der Waals surface area contributed by atoms with Crippen LogP contribution in [0.1, 0.15) is 26.7 Å². The van der Waals surface area contributed by atoms with Crippen LogP contribution >= 0.6 is 0 Å². The van der Waals surface area contributed by atoms with Gasteiger partial charge >= 0.3 is 0 Å². The largest absolute Gasteiger partial charge is 0.369 e. The highest BCUT2D eigenvalue weighted by molar-refractivity contribution is 5.80. The van der Waals surface area contributed by atoms with Crippen molar-refractivity contribution in [2.75, 3.05) is 0 Å². The second-order valence-electron chi connectivity index (χ2n) is 3.15. The molecule has 0 rings (SSSR count). The summed E-state index contributed by atoms with van der Waals surface area (Å²) in [7, 11) is 0. The SMILES string of the molecule is CCC(CC(C)C(=O)NN)C(N)=O. The van der Waals surface area contributed by atoms with E-state index in [1.54, 1.807) is 6.92 Å². The minimum atomic E-state index is -0.362. The van der Waals surface area contributed by atoms with E-state index in [1.807, 2.05) is 12.3 Å². The van der Waals surface area contributed by atoms with Gasteiger partial charge in [0, 0.05) is 11.8 Å². The van der Waals surface area contributed by atoms with Crippen molar-refractivity contribution >= 4 is 11.8 Å². The molecule has 0 spiro atoms. The number of primary amides is 1. The maximum absolute atomic E-state index is 11.0. The quantitative estimate of drug-likeness (QED) is 0.308. The Morgan fingerprint density at radius 3 is 2.31 bits per heavy atom. The number of amides is 2. The molecule has 2 atom stereocenters. The molecule has 0 bridgehead atoms. The summed E-state index contributed by atoms with van der Waals surface area (Å²) in [6, 6.07) is 0. The lowest BCUT2D eigenvalue weighted by atomic mass is 9.93. The molecule has 13 heavy (non-hydrogen) atoms. The number of hydrogen-bond donors (Lipinski definition) is 3. The number of nitrogens with one attached hydrogen (secondary N) is 1. The second-order valence-corrected chi connectivity index (χ2v) is 3.15. The molecule has 5 N–H and O–H groups in total. The van der Waals surface area contributed by atoms with E-state index >= 15 is 0 Å². The number of hydrogen-bond acceptors (Lipinski definition) is 3. The van der Waals surface area contributed by atoms with E-state index in [2.05, 4.69) is 0 Å². The smallest absolute Gasteiger partial charge is 0.236 e. The average molecular weight is 187 g/mol. The lowest BCUT2D eigenvalue weighted by Gasteiger charge is -2.15. The Hall–Kier alpha value is -1.10. The fraction of sp³-hybridized carbons (Fsp3) is 0.750. The van der Waals surface area contributed by atoms with Crippen molar-refractivity contribution in [3.63, 3.8) is 0 Å². The molecule has 0 heterocycles. The summed E-state index contributed by atoms with van der Waals surface area (Å²) >= 11 is 0. The maximum Gasteiger partial charge on any atom is 0.236 e. The van der Waals surface area contributed by atoms with Crippen LogP contribution in [0.4, 0.5) is 0 Å². The third-order valence-electron chi connectivity index (χ3n) is 2.12. The summed E-state index contributed by atoms with van der Waals surface area (Å²) < 4.78 is 0. The molecular weight excluding hydrogens is 170 g/mol. The van der Waals surface area contributed by atoms with Crippen LogP contribution in [0.2, 0.25) is 0 Å². The first-order valence-corrected chi connectivity index (χ1v) is 4.32. The Labute approximate surface area is 77.8 Å². The monoisotopic (exact) mass is 187 g/mol. The van der Waals surface area contributed by atoms with Crippen molar-refractivity contribution in [1.29, 1.82) is 0 Å². The van der Waals surface area contributed by atoms with Gasteiger partial charge in [-0.05, 0) is 12.8 Å². The molecule has 0 aliphatic heterocycles. The standard InChI is InChI=1S/C8H17N3O2/c1-3-6(7(9)12)4-5(2)8(13)11-10/h5-6H,3-4,10H2,1-2H3,(H2,9,12)(H,11,13). The number of carbonyl (C=O) groups excluding carboxylic acids is 2. The van der Waals surface area contributed by atoms with Gasteiger partial charge in [-0.2, -0.15) is 0 Å². The number of carbonyl (C=O) groups is 2. The molecule has 0 aliphatic rings. The molecule has 2 amide bonds. The van der Waals surface area contributed by atoms with Crippen LogP contribution in [0.5, 0.6) is 0 Å². The highest BCUT2D eigenvalue weighted by atomic mass is 16.2. The van der Waals surface area contributed by atoms with E-state index in [0.717, 1.165) is 0 Å². The Bertz CT molecular complexity index is 194. The van der Waals surface area contributed by atoms with Crippen LogP contribution in [-0.4, -0.2) is 11.8 Å². The van der Waals surface area contributed by atoms with Gasteiger partial charge in [0.25, 0.3) is 0 Å². The fourth-order valence-corrected chi connectivity index (χ4v) is 1.16. The first-order valence-electron chi connectivity index (χ1n) is 4.32. The molecular formula is C8H17N3O2. The van der Waals surface area contributed by atoms with Gasteiger partial charge in [0.2, 0.25) is 11.8 Å². The molecule has 0 aliphatic carbocycles. The Morgan fingerprint density at radius 1 is 1.46 bits per heavy atom. The maximum atomic E-state index is 11.0. The van der Waals surface area contributed by atoms with Gasteiger partial charge in [0.05, 0.1) is 0 Å². The molecule has 0 fully saturated rings. The van der Waals surface area contributed by atoms with E-state index in [-0.39, 0.29) is 23.7 Å². The van der Waals surface area contributed by atoms with E-state index < -0.39 is 0 Å². The zero-order chi connectivity index (χ0) is 10.4. The van der Waals surface area contributed by atoms with Gasteiger partial charge in [-0.3, -0.25) is 15.0 Å². The van der Waals surface area contributed by atoms with Crippen molar-refractivity contribution in [3.05, 3.63) is 0 Å². The first kappa shape index (κ1) is 11.9. The predicted molar refractivity (Wildman–Crippen MR) is 49.1 cm³/mol. The van der Waals surface area contributed by atoms with E-state index in [0.29, 0.717) is 12.8 Å². The summed E-state index contributed by atoms with van der Waals surface area (Å²) in [6.07, 6.45) is 1.10. The third kappa shape index (κ3) is 3.89. The molecule has 76 valence electrons. The van der Waals surface area contributed by atoms with Crippen LogP contribution in [0, 0.1) is 11.8 Å². The van der Waals surface area contributed by atoms with Crippen molar-refractivity contribution in [2.24, 2.45) is 23.4 Å². The Morgan fingerprint density at radius 2 is 2.00 bits per heavy atom. The van der Waals surface area contributed by atoms with Gasteiger partial charge in [-0.25, -0.2) is 5.84 Å². The van der Waals surface area contributed by atoms with Crippen LogP contribution in [0.25, 0.3) is 0 Å². The zero-order valence-corrected chi connectivity index (χ0v) is 8.04. The van der Waals surface area contributed by atoms with Crippen LogP contribution in [0.3, 0.4) is 0 Å². The highest BCUT2D eigenvalue weighted by Gasteiger charge is 2.20. The number of nitrogens with two attached hydrogens (primary N) is 2. The lowest BCUT2D eigenvalue weighted by molar-refractivity contribution is -0.126. The number of hydrazine groups is 1. The van der Waals surface area contributed by atoms with Crippen molar-refractivity contribution in [3.8, 4) is 0 Å². The molecule has 5 heteroatoms. The second kappa shape index (κ2) is 5.53. The van der Waals surface area contributed by atoms with E-state index in [4.69, 9.17) is 11.6 Å². The van der Waals surface area contributed by atoms with E-state index in [9.17, 15) is 9.59 Å². The number of rotatable bonds is 5. The molecule has 0 aromatic carbocycles. The summed E-state index contributed by atoms with van der Waals surface area (Å²) in [6.45, 7) is 3.58. The molecule has 2 unspecified atom stereocenters. The average Bonchev–Trinajstić information content (AvgIpc) is 2.11. The molecule has 0 aromatic rings. The Balaban J connectivity index is 4.08.